The van der Waals surface area contributed by atoms with Crippen molar-refractivity contribution in [1.29, 1.82) is 0 Å². The molecule has 20 heavy (non-hydrogen) atoms. The summed E-state index contributed by atoms with van der Waals surface area (Å²) in [7, 11) is -2.86. The molecule has 0 amide bonds. The van der Waals surface area contributed by atoms with Crippen molar-refractivity contribution >= 4 is 9.84 Å². The summed E-state index contributed by atoms with van der Waals surface area (Å²) in [6.07, 6.45) is 1.57. The largest absolute Gasteiger partial charge is 0.310 e. The van der Waals surface area contributed by atoms with Crippen LogP contribution in [0.1, 0.15) is 49.4 Å². The average Bonchev–Trinajstić information content (AvgIpc) is 2.38. The van der Waals surface area contributed by atoms with Crippen LogP contribution in [0.5, 0.6) is 0 Å². The first-order chi connectivity index (χ1) is 9.41. The predicted molar refractivity (Wildman–Crippen MR) is 85.9 cm³/mol. The van der Waals surface area contributed by atoms with Crippen LogP contribution in [0.2, 0.25) is 0 Å². The van der Waals surface area contributed by atoms with Gasteiger partial charge in [0.2, 0.25) is 0 Å². The van der Waals surface area contributed by atoms with Crippen LogP contribution in [-0.2, 0) is 9.84 Å². The number of sulfone groups is 1. The lowest BCUT2D eigenvalue weighted by Gasteiger charge is -2.22. The Kier molecular flexibility index (Phi) is 6.69. The molecule has 0 radical (unpaired) electrons. The highest BCUT2D eigenvalue weighted by Gasteiger charge is 2.16. The zero-order valence-electron chi connectivity index (χ0n) is 13.1. The molecule has 4 heteroatoms. The Hall–Kier alpha value is -0.870. The van der Waals surface area contributed by atoms with Crippen LogP contribution in [0.15, 0.2) is 18.2 Å². The van der Waals surface area contributed by atoms with E-state index in [9.17, 15) is 8.42 Å². The molecule has 0 fully saturated rings. The van der Waals surface area contributed by atoms with Gasteiger partial charge >= 0.3 is 0 Å². The maximum atomic E-state index is 11.6. The van der Waals surface area contributed by atoms with Crippen molar-refractivity contribution in [3.63, 3.8) is 0 Å². The number of nitrogens with one attached hydrogen (secondary N) is 1. The lowest BCUT2D eigenvalue weighted by molar-refractivity contribution is 0.503. The highest BCUT2D eigenvalue weighted by Crippen LogP contribution is 2.25. The molecule has 3 nitrogen and oxygen atoms in total. The first-order valence-corrected chi connectivity index (χ1v) is 9.23. The molecule has 0 bridgehead atoms. The second-order valence-corrected chi connectivity index (χ2v) is 7.77. The topological polar surface area (TPSA) is 46.2 Å². The molecule has 1 atom stereocenters. The molecule has 1 rings (SSSR count). The number of benzene rings is 1. The van der Waals surface area contributed by atoms with Gasteiger partial charge < -0.3 is 5.32 Å². The Balaban J connectivity index is 2.80. The van der Waals surface area contributed by atoms with Crippen molar-refractivity contribution in [1.82, 2.24) is 5.32 Å². The zero-order valence-corrected chi connectivity index (χ0v) is 13.9. The fraction of sp³-hybridized carbons (Fsp3) is 0.625. The average molecular weight is 297 g/mol. The summed E-state index contributed by atoms with van der Waals surface area (Å²) < 4.78 is 23.2. The maximum absolute atomic E-state index is 11.6. The molecule has 1 N–H and O–H groups in total. The molecule has 0 heterocycles. The van der Waals surface area contributed by atoms with Crippen LogP contribution in [0, 0.1) is 13.8 Å². The van der Waals surface area contributed by atoms with E-state index in [1.165, 1.54) is 16.7 Å². The van der Waals surface area contributed by atoms with E-state index >= 15 is 0 Å². The maximum Gasteiger partial charge on any atom is 0.150 e. The molecule has 0 aliphatic carbocycles. The van der Waals surface area contributed by atoms with Crippen molar-refractivity contribution in [2.45, 2.75) is 46.6 Å². The Morgan fingerprint density at radius 1 is 1.15 bits per heavy atom. The summed E-state index contributed by atoms with van der Waals surface area (Å²) in [5, 5.41) is 3.49. The third-order valence-corrected chi connectivity index (χ3v) is 5.52. The molecule has 114 valence electrons. The SMILES string of the molecule is CCNC(CCCS(=O)(=O)CC)c1c(C)cccc1C. The van der Waals surface area contributed by atoms with E-state index in [2.05, 4.69) is 44.3 Å². The second kappa shape index (κ2) is 7.79. The molecular weight excluding hydrogens is 270 g/mol. The summed E-state index contributed by atoms with van der Waals surface area (Å²) in [5.41, 5.74) is 3.87. The Morgan fingerprint density at radius 3 is 2.25 bits per heavy atom. The molecular formula is C16H27NO2S. The van der Waals surface area contributed by atoms with Gasteiger partial charge in [0.25, 0.3) is 0 Å². The Labute approximate surface area is 123 Å². The smallest absolute Gasteiger partial charge is 0.150 e. The van der Waals surface area contributed by atoms with Crippen molar-refractivity contribution in [3.05, 3.63) is 34.9 Å². The van der Waals surface area contributed by atoms with Gasteiger partial charge in [0.1, 0.15) is 9.84 Å². The van der Waals surface area contributed by atoms with E-state index in [0.29, 0.717) is 6.42 Å². The van der Waals surface area contributed by atoms with Crippen molar-refractivity contribution in [3.8, 4) is 0 Å². The Morgan fingerprint density at radius 2 is 1.75 bits per heavy atom. The van der Waals surface area contributed by atoms with Crippen molar-refractivity contribution < 1.29 is 8.42 Å². The van der Waals surface area contributed by atoms with Gasteiger partial charge in [-0.15, -0.1) is 0 Å². The summed E-state index contributed by atoms with van der Waals surface area (Å²) in [6, 6.07) is 6.55. The fourth-order valence-corrected chi connectivity index (χ4v) is 3.52. The van der Waals surface area contributed by atoms with E-state index in [0.717, 1.165) is 13.0 Å². The highest BCUT2D eigenvalue weighted by atomic mass is 32.2. The summed E-state index contributed by atoms with van der Waals surface area (Å²) in [4.78, 5) is 0. The van der Waals surface area contributed by atoms with Gasteiger partial charge in [0, 0.05) is 11.8 Å². The lowest BCUT2D eigenvalue weighted by atomic mass is 9.93. The van der Waals surface area contributed by atoms with E-state index in [-0.39, 0.29) is 17.5 Å². The third kappa shape index (κ3) is 4.91. The monoisotopic (exact) mass is 297 g/mol. The van der Waals surface area contributed by atoms with Gasteiger partial charge in [-0.25, -0.2) is 8.42 Å². The molecule has 0 saturated heterocycles. The van der Waals surface area contributed by atoms with Gasteiger partial charge in [-0.3, -0.25) is 0 Å². The molecule has 1 aromatic rings. The van der Waals surface area contributed by atoms with E-state index in [4.69, 9.17) is 0 Å². The predicted octanol–water partition coefficient (Wildman–Crippen LogP) is 3.17. The minimum Gasteiger partial charge on any atom is -0.310 e. The summed E-state index contributed by atoms with van der Waals surface area (Å²) >= 11 is 0. The number of aryl methyl sites for hydroxylation is 2. The number of hydrogen-bond acceptors (Lipinski definition) is 3. The third-order valence-electron chi connectivity index (χ3n) is 3.73. The summed E-state index contributed by atoms with van der Waals surface area (Å²) in [6.45, 7) is 8.93. The van der Waals surface area contributed by atoms with Crippen molar-refractivity contribution in [2.24, 2.45) is 0 Å². The fourth-order valence-electron chi connectivity index (χ4n) is 2.62. The number of hydrogen-bond donors (Lipinski definition) is 1. The lowest BCUT2D eigenvalue weighted by Crippen LogP contribution is -2.23. The van der Waals surface area contributed by atoms with Crippen LogP contribution in [-0.4, -0.2) is 26.5 Å². The van der Waals surface area contributed by atoms with Gasteiger partial charge in [0.05, 0.1) is 5.75 Å². The van der Waals surface area contributed by atoms with Gasteiger partial charge in [-0.2, -0.15) is 0 Å². The molecule has 0 spiro atoms. The molecule has 0 aromatic heterocycles. The first kappa shape index (κ1) is 17.2. The standard InChI is InChI=1S/C16H27NO2S/c1-5-17-15(11-8-12-20(18,19)6-2)16-13(3)9-7-10-14(16)4/h7,9-10,15,17H,5-6,8,11-12H2,1-4H3. The Bertz CT molecular complexity index is 503. The van der Waals surface area contributed by atoms with Gasteiger partial charge in [-0.05, 0) is 49.9 Å². The highest BCUT2D eigenvalue weighted by molar-refractivity contribution is 7.91. The van der Waals surface area contributed by atoms with Crippen molar-refractivity contribution in [2.75, 3.05) is 18.1 Å². The van der Waals surface area contributed by atoms with Crippen LogP contribution >= 0.6 is 0 Å². The van der Waals surface area contributed by atoms with Crippen LogP contribution < -0.4 is 5.32 Å². The van der Waals surface area contributed by atoms with Crippen LogP contribution in [0.25, 0.3) is 0 Å². The first-order valence-electron chi connectivity index (χ1n) is 7.41. The normalized spacial score (nSPS) is 13.4. The number of rotatable bonds is 8. The van der Waals surface area contributed by atoms with Gasteiger partial charge in [-0.1, -0.05) is 32.0 Å². The van der Waals surface area contributed by atoms with E-state index < -0.39 is 9.84 Å². The molecule has 0 aliphatic heterocycles. The molecule has 1 aromatic carbocycles. The van der Waals surface area contributed by atoms with Gasteiger partial charge in [0.15, 0.2) is 0 Å². The van der Waals surface area contributed by atoms with E-state index in [1.807, 2.05) is 0 Å². The van der Waals surface area contributed by atoms with E-state index in [1.54, 1.807) is 6.92 Å². The minimum atomic E-state index is -2.86. The minimum absolute atomic E-state index is 0.238. The van der Waals surface area contributed by atoms with Crippen LogP contribution in [0.4, 0.5) is 0 Å². The quantitative estimate of drug-likeness (QED) is 0.801. The zero-order chi connectivity index (χ0) is 15.2. The second-order valence-electron chi connectivity index (χ2n) is 5.29. The molecule has 1 unspecified atom stereocenters. The molecule has 0 aliphatic rings. The molecule has 0 saturated carbocycles. The summed E-state index contributed by atoms with van der Waals surface area (Å²) in [5.74, 6) is 0.526. The van der Waals surface area contributed by atoms with Crippen LogP contribution in [0.3, 0.4) is 0 Å².